The van der Waals surface area contributed by atoms with Crippen LogP contribution in [0.2, 0.25) is 0 Å². The lowest BCUT2D eigenvalue weighted by molar-refractivity contribution is -0.132. The number of benzene rings is 1. The second kappa shape index (κ2) is 7.23. The first-order valence-electron chi connectivity index (χ1n) is 7.29. The lowest BCUT2D eigenvalue weighted by Crippen LogP contribution is -2.44. The molecule has 0 atom stereocenters. The van der Waals surface area contributed by atoms with Gasteiger partial charge in [-0.2, -0.15) is 0 Å². The Balaban J connectivity index is 1.86. The molecular formula is C16H23BrN2O. The average molecular weight is 339 g/mol. The van der Waals surface area contributed by atoms with Crippen molar-refractivity contribution in [3.8, 4) is 0 Å². The zero-order valence-electron chi connectivity index (χ0n) is 12.3. The van der Waals surface area contributed by atoms with E-state index in [2.05, 4.69) is 46.4 Å². The number of piperidine rings is 1. The number of hydrogen-bond acceptors (Lipinski definition) is 2. The van der Waals surface area contributed by atoms with Crippen LogP contribution in [-0.4, -0.2) is 37.0 Å². The van der Waals surface area contributed by atoms with Gasteiger partial charge in [-0.05, 0) is 56.5 Å². The number of carbonyl (C=O) groups is 1. The van der Waals surface area contributed by atoms with Gasteiger partial charge in [0.2, 0.25) is 5.91 Å². The molecule has 0 spiro atoms. The van der Waals surface area contributed by atoms with Crippen molar-refractivity contribution in [2.24, 2.45) is 0 Å². The van der Waals surface area contributed by atoms with Gasteiger partial charge in [0.05, 0.1) is 0 Å². The highest BCUT2D eigenvalue weighted by Crippen LogP contribution is 2.18. The Bertz CT molecular complexity index is 470. The fraction of sp³-hybridized carbons (Fsp3) is 0.562. The highest BCUT2D eigenvalue weighted by Gasteiger charge is 2.21. The van der Waals surface area contributed by atoms with E-state index in [4.69, 9.17) is 0 Å². The van der Waals surface area contributed by atoms with Crippen molar-refractivity contribution in [2.75, 3.05) is 20.1 Å². The summed E-state index contributed by atoms with van der Waals surface area (Å²) in [5.74, 6) is 0.262. The van der Waals surface area contributed by atoms with Crippen molar-refractivity contribution in [2.45, 2.75) is 38.6 Å². The molecule has 3 nitrogen and oxygen atoms in total. The van der Waals surface area contributed by atoms with Crippen LogP contribution in [-0.2, 0) is 11.2 Å². The quantitative estimate of drug-likeness (QED) is 0.915. The third-order valence-corrected chi connectivity index (χ3v) is 4.99. The summed E-state index contributed by atoms with van der Waals surface area (Å²) >= 11 is 3.50. The second-order valence-corrected chi connectivity index (χ2v) is 6.42. The van der Waals surface area contributed by atoms with Gasteiger partial charge in [-0.15, -0.1) is 0 Å². The summed E-state index contributed by atoms with van der Waals surface area (Å²) in [5.41, 5.74) is 2.46. The molecule has 1 aromatic carbocycles. The highest BCUT2D eigenvalue weighted by atomic mass is 79.9. The smallest absolute Gasteiger partial charge is 0.222 e. The van der Waals surface area contributed by atoms with Gasteiger partial charge >= 0.3 is 0 Å². The molecule has 1 aliphatic heterocycles. The highest BCUT2D eigenvalue weighted by molar-refractivity contribution is 9.10. The number of amides is 1. The van der Waals surface area contributed by atoms with E-state index >= 15 is 0 Å². The van der Waals surface area contributed by atoms with E-state index in [1.165, 1.54) is 11.1 Å². The Hall–Kier alpha value is -0.870. The van der Waals surface area contributed by atoms with Crippen LogP contribution in [0.5, 0.6) is 0 Å². The van der Waals surface area contributed by atoms with Crippen molar-refractivity contribution in [3.05, 3.63) is 33.8 Å². The van der Waals surface area contributed by atoms with Crippen molar-refractivity contribution >= 4 is 21.8 Å². The van der Waals surface area contributed by atoms with E-state index in [0.717, 1.165) is 36.8 Å². The molecule has 2 rings (SSSR count). The summed E-state index contributed by atoms with van der Waals surface area (Å²) in [7, 11) is 1.95. The Labute approximate surface area is 129 Å². The molecule has 1 aliphatic rings. The van der Waals surface area contributed by atoms with Gasteiger partial charge in [0, 0.05) is 24.0 Å². The normalized spacial score (nSPS) is 16.1. The van der Waals surface area contributed by atoms with Crippen molar-refractivity contribution in [3.63, 3.8) is 0 Å². The summed E-state index contributed by atoms with van der Waals surface area (Å²) in [6, 6.07) is 6.72. The van der Waals surface area contributed by atoms with Gasteiger partial charge in [-0.25, -0.2) is 0 Å². The van der Waals surface area contributed by atoms with Crippen LogP contribution in [0.1, 0.15) is 30.4 Å². The van der Waals surface area contributed by atoms with Crippen LogP contribution in [0.25, 0.3) is 0 Å². The van der Waals surface area contributed by atoms with Crippen LogP contribution >= 0.6 is 15.9 Å². The summed E-state index contributed by atoms with van der Waals surface area (Å²) < 4.78 is 1.12. The number of carbonyl (C=O) groups excluding carboxylic acids is 1. The molecule has 0 aromatic heterocycles. The maximum Gasteiger partial charge on any atom is 0.222 e. The molecule has 0 bridgehead atoms. The van der Waals surface area contributed by atoms with Gasteiger partial charge in [0.1, 0.15) is 0 Å². The lowest BCUT2D eigenvalue weighted by atomic mass is 10.0. The van der Waals surface area contributed by atoms with Crippen molar-refractivity contribution < 1.29 is 4.79 Å². The van der Waals surface area contributed by atoms with E-state index in [-0.39, 0.29) is 5.91 Å². The Morgan fingerprint density at radius 3 is 2.75 bits per heavy atom. The van der Waals surface area contributed by atoms with Gasteiger partial charge in [0.25, 0.3) is 0 Å². The predicted molar refractivity (Wildman–Crippen MR) is 85.9 cm³/mol. The van der Waals surface area contributed by atoms with E-state index in [1.807, 2.05) is 11.9 Å². The number of rotatable bonds is 4. The first-order valence-corrected chi connectivity index (χ1v) is 8.08. The maximum atomic E-state index is 12.3. The molecule has 0 saturated carbocycles. The summed E-state index contributed by atoms with van der Waals surface area (Å²) in [6.07, 6.45) is 3.56. The van der Waals surface area contributed by atoms with Gasteiger partial charge in [-0.3, -0.25) is 4.79 Å². The SMILES string of the molecule is Cc1cc(CCC(=O)N(C)C2CCNCC2)ccc1Br. The number of halogens is 1. The number of nitrogens with zero attached hydrogens (tertiary/aromatic N) is 1. The first kappa shape index (κ1) is 15.5. The topological polar surface area (TPSA) is 32.3 Å². The molecule has 20 heavy (non-hydrogen) atoms. The molecule has 1 fully saturated rings. The van der Waals surface area contributed by atoms with Crippen LogP contribution in [0, 0.1) is 6.92 Å². The van der Waals surface area contributed by atoms with Crippen molar-refractivity contribution in [1.29, 1.82) is 0 Å². The molecule has 4 heteroatoms. The molecule has 1 saturated heterocycles. The lowest BCUT2D eigenvalue weighted by Gasteiger charge is -2.31. The molecule has 0 aliphatic carbocycles. The van der Waals surface area contributed by atoms with E-state index in [9.17, 15) is 4.79 Å². The fourth-order valence-electron chi connectivity index (χ4n) is 2.69. The summed E-state index contributed by atoms with van der Waals surface area (Å²) in [6.45, 7) is 4.12. The van der Waals surface area contributed by atoms with E-state index < -0.39 is 0 Å². The molecular weight excluding hydrogens is 316 g/mol. The van der Waals surface area contributed by atoms with Gasteiger partial charge in [0.15, 0.2) is 0 Å². The standard InChI is InChI=1S/C16H23BrN2O/c1-12-11-13(3-5-15(12)17)4-6-16(20)19(2)14-7-9-18-10-8-14/h3,5,11,14,18H,4,6-10H2,1-2H3. The first-order chi connectivity index (χ1) is 9.58. The van der Waals surface area contributed by atoms with Gasteiger partial charge < -0.3 is 10.2 Å². The summed E-state index contributed by atoms with van der Waals surface area (Å²) in [4.78, 5) is 14.2. The number of nitrogens with one attached hydrogen (secondary N) is 1. The van der Waals surface area contributed by atoms with Crippen LogP contribution in [0.15, 0.2) is 22.7 Å². The third-order valence-electron chi connectivity index (χ3n) is 4.10. The largest absolute Gasteiger partial charge is 0.343 e. The monoisotopic (exact) mass is 338 g/mol. The van der Waals surface area contributed by atoms with E-state index in [1.54, 1.807) is 0 Å². The molecule has 1 amide bonds. The Kier molecular flexibility index (Phi) is 5.61. The molecule has 0 unspecified atom stereocenters. The van der Waals surface area contributed by atoms with E-state index in [0.29, 0.717) is 12.5 Å². The molecule has 1 N–H and O–H groups in total. The molecule has 110 valence electrons. The van der Waals surface area contributed by atoms with Crippen LogP contribution < -0.4 is 5.32 Å². The molecule has 0 radical (unpaired) electrons. The second-order valence-electron chi connectivity index (χ2n) is 5.57. The fourth-order valence-corrected chi connectivity index (χ4v) is 2.93. The van der Waals surface area contributed by atoms with Crippen molar-refractivity contribution in [1.82, 2.24) is 10.2 Å². The average Bonchev–Trinajstić information content (AvgIpc) is 2.48. The molecule has 1 aromatic rings. The van der Waals surface area contributed by atoms with Crippen LogP contribution in [0.3, 0.4) is 0 Å². The Morgan fingerprint density at radius 1 is 1.40 bits per heavy atom. The minimum absolute atomic E-state index is 0.262. The number of hydrogen-bond donors (Lipinski definition) is 1. The predicted octanol–water partition coefficient (Wildman–Crippen LogP) is 2.90. The van der Waals surface area contributed by atoms with Gasteiger partial charge in [-0.1, -0.05) is 28.1 Å². The minimum Gasteiger partial charge on any atom is -0.343 e. The zero-order chi connectivity index (χ0) is 14.5. The summed E-state index contributed by atoms with van der Waals surface area (Å²) in [5, 5.41) is 3.34. The zero-order valence-corrected chi connectivity index (χ0v) is 13.9. The maximum absolute atomic E-state index is 12.3. The van der Waals surface area contributed by atoms with Crippen LogP contribution in [0.4, 0.5) is 0 Å². The Morgan fingerprint density at radius 2 is 2.10 bits per heavy atom. The number of aryl methyl sites for hydroxylation is 2. The third kappa shape index (κ3) is 4.06. The molecule has 1 heterocycles. The minimum atomic E-state index is 0.262.